The van der Waals surface area contributed by atoms with Crippen LogP contribution in [0.3, 0.4) is 0 Å². The molecule has 1 aromatic heterocycles. The Labute approximate surface area is 208 Å². The second kappa shape index (κ2) is 12.8. The van der Waals surface area contributed by atoms with Crippen molar-refractivity contribution in [2.75, 3.05) is 40.3 Å². The summed E-state index contributed by atoms with van der Waals surface area (Å²) in [5, 5.41) is 11.3. The summed E-state index contributed by atoms with van der Waals surface area (Å²) in [6.07, 6.45) is 6.12. The second-order valence-corrected chi connectivity index (χ2v) is 8.17. The largest absolute Gasteiger partial charge is 0.355 e. The number of carbonyl (C=O) groups excluding carboxylic acids is 1. The maximum atomic E-state index is 12.1. The van der Waals surface area contributed by atoms with E-state index >= 15 is 0 Å². The Balaban J connectivity index is 0.00000363. The van der Waals surface area contributed by atoms with Gasteiger partial charge in [0.25, 0.3) is 0 Å². The van der Waals surface area contributed by atoms with Crippen molar-refractivity contribution in [3.05, 3.63) is 48.3 Å². The summed E-state index contributed by atoms with van der Waals surface area (Å²) in [6, 6.07) is 10.7. The van der Waals surface area contributed by atoms with E-state index in [1.807, 2.05) is 29.1 Å². The van der Waals surface area contributed by atoms with Crippen LogP contribution in [0, 0.1) is 0 Å². The number of benzene rings is 1. The van der Waals surface area contributed by atoms with Crippen molar-refractivity contribution in [1.82, 2.24) is 30.2 Å². The fourth-order valence-corrected chi connectivity index (χ4v) is 3.84. The zero-order valence-electron chi connectivity index (χ0n) is 19.5. The lowest BCUT2D eigenvalue weighted by Crippen LogP contribution is -2.46. The monoisotopic (exact) mass is 553 g/mol. The third-order valence-corrected chi connectivity index (χ3v) is 5.77. The molecule has 1 aliphatic heterocycles. The van der Waals surface area contributed by atoms with Gasteiger partial charge in [-0.2, -0.15) is 5.10 Å². The third kappa shape index (κ3) is 7.19. The highest BCUT2D eigenvalue weighted by atomic mass is 127. The van der Waals surface area contributed by atoms with Gasteiger partial charge in [-0.05, 0) is 56.6 Å². The molecule has 2 N–H and O–H groups in total. The lowest BCUT2D eigenvalue weighted by atomic mass is 10.1. The van der Waals surface area contributed by atoms with Gasteiger partial charge in [-0.15, -0.1) is 24.0 Å². The number of likely N-dealkylation sites (tertiary alicyclic amines) is 1. The van der Waals surface area contributed by atoms with Crippen LogP contribution in [0.1, 0.15) is 38.3 Å². The fourth-order valence-electron chi connectivity index (χ4n) is 3.84. The van der Waals surface area contributed by atoms with Crippen LogP contribution in [0.5, 0.6) is 0 Å². The van der Waals surface area contributed by atoms with Crippen LogP contribution in [-0.4, -0.2) is 77.8 Å². The zero-order valence-corrected chi connectivity index (χ0v) is 21.8. The first kappa shape index (κ1) is 26.1. The predicted molar refractivity (Wildman–Crippen MR) is 140 cm³/mol. The first-order chi connectivity index (χ1) is 15.0. The van der Waals surface area contributed by atoms with E-state index in [9.17, 15) is 4.79 Å². The molecule has 0 radical (unpaired) electrons. The quantitative estimate of drug-likeness (QED) is 0.299. The second-order valence-electron chi connectivity index (χ2n) is 8.17. The molecular formula is C23H36IN7O. The first-order valence-electron chi connectivity index (χ1n) is 11.1. The summed E-state index contributed by atoms with van der Waals surface area (Å²) in [7, 11) is 3.50. The summed E-state index contributed by atoms with van der Waals surface area (Å²) in [4.78, 5) is 20.7. The van der Waals surface area contributed by atoms with Crippen LogP contribution in [-0.2, 0) is 4.79 Å². The fraction of sp³-hybridized carbons (Fsp3) is 0.522. The molecule has 1 aliphatic rings. The number of amides is 1. The van der Waals surface area contributed by atoms with E-state index < -0.39 is 0 Å². The van der Waals surface area contributed by atoms with Gasteiger partial charge in [0.05, 0.1) is 11.7 Å². The Kier molecular flexibility index (Phi) is 10.4. The van der Waals surface area contributed by atoms with Crippen LogP contribution in [0.4, 0.5) is 0 Å². The molecule has 1 amide bonds. The van der Waals surface area contributed by atoms with Gasteiger partial charge in [0.1, 0.15) is 6.54 Å². The van der Waals surface area contributed by atoms with Crippen LogP contribution >= 0.6 is 24.0 Å². The molecule has 0 aliphatic carbocycles. The summed E-state index contributed by atoms with van der Waals surface area (Å²) in [6.45, 7) is 7.44. The highest BCUT2D eigenvalue weighted by molar-refractivity contribution is 14.0. The van der Waals surface area contributed by atoms with E-state index in [-0.39, 0.29) is 42.5 Å². The maximum absolute atomic E-state index is 12.1. The summed E-state index contributed by atoms with van der Waals surface area (Å²) < 4.78 is 1.85. The number of carbonyl (C=O) groups is 1. The number of likely N-dealkylation sites (N-methyl/N-ethyl adjacent to an activating group) is 2. The van der Waals surface area contributed by atoms with Gasteiger partial charge in [0.15, 0.2) is 5.96 Å². The number of halogens is 1. The van der Waals surface area contributed by atoms with Crippen molar-refractivity contribution < 1.29 is 4.79 Å². The molecule has 0 saturated carbocycles. The smallest absolute Gasteiger partial charge is 0.243 e. The first-order valence-corrected chi connectivity index (χ1v) is 11.1. The zero-order chi connectivity index (χ0) is 22.2. The minimum absolute atomic E-state index is 0. The number of guanidine groups is 1. The highest BCUT2D eigenvalue weighted by Gasteiger charge is 2.23. The van der Waals surface area contributed by atoms with E-state index in [4.69, 9.17) is 0 Å². The van der Waals surface area contributed by atoms with Gasteiger partial charge in [-0.1, -0.05) is 19.1 Å². The Morgan fingerprint density at radius 1 is 1.34 bits per heavy atom. The number of nitrogens with one attached hydrogen (secondary N) is 2. The van der Waals surface area contributed by atoms with Crippen LogP contribution < -0.4 is 10.6 Å². The van der Waals surface area contributed by atoms with Crippen molar-refractivity contribution in [3.63, 3.8) is 0 Å². The molecule has 1 aromatic carbocycles. The molecule has 0 spiro atoms. The Morgan fingerprint density at radius 3 is 2.84 bits per heavy atom. The number of aromatic nitrogens is 2. The molecule has 8 nitrogen and oxygen atoms in total. The van der Waals surface area contributed by atoms with Crippen molar-refractivity contribution in [3.8, 4) is 5.69 Å². The van der Waals surface area contributed by atoms with Crippen LogP contribution in [0.2, 0.25) is 0 Å². The van der Waals surface area contributed by atoms with Gasteiger partial charge in [0, 0.05) is 39.1 Å². The molecule has 1 fully saturated rings. The molecule has 1 saturated heterocycles. The van der Waals surface area contributed by atoms with Gasteiger partial charge < -0.3 is 15.5 Å². The number of nitrogens with zero attached hydrogens (tertiary/aromatic N) is 5. The maximum Gasteiger partial charge on any atom is 0.243 e. The minimum Gasteiger partial charge on any atom is -0.355 e. The van der Waals surface area contributed by atoms with Crippen molar-refractivity contribution in [2.24, 2.45) is 4.99 Å². The normalized spacial score (nSPS) is 17.5. The van der Waals surface area contributed by atoms with E-state index in [2.05, 4.69) is 51.6 Å². The molecule has 32 heavy (non-hydrogen) atoms. The summed E-state index contributed by atoms with van der Waals surface area (Å²) in [5.41, 5.74) is 2.13. The molecular weight excluding hydrogens is 517 g/mol. The standard InChI is InChI=1S/C23H35N7O.HI/c1-5-29-13-7-11-21(29)16-24-23(25-17-22(31)28(3)4)27-18(2)19-9-6-10-20(15-19)30-14-8-12-26-30;/h6,8-10,12,14-15,18,21H,5,7,11,13,16-17H2,1-4H3,(H2,24,25,27);1H. The molecule has 176 valence electrons. The number of hydrogen-bond acceptors (Lipinski definition) is 4. The minimum atomic E-state index is -0.0227. The molecule has 2 heterocycles. The van der Waals surface area contributed by atoms with Gasteiger partial charge in [-0.3, -0.25) is 9.69 Å². The summed E-state index contributed by atoms with van der Waals surface area (Å²) >= 11 is 0. The summed E-state index contributed by atoms with van der Waals surface area (Å²) in [5.74, 6) is 0.639. The SMILES string of the molecule is CCN1CCCC1CNC(=NCC(=O)N(C)C)NC(C)c1cccc(-n2cccn2)c1.I. The van der Waals surface area contributed by atoms with E-state index in [1.54, 1.807) is 25.2 Å². The molecule has 2 atom stereocenters. The lowest BCUT2D eigenvalue weighted by molar-refractivity contribution is -0.127. The molecule has 2 unspecified atom stereocenters. The molecule has 3 rings (SSSR count). The number of rotatable bonds is 8. The Hall–Kier alpha value is -2.14. The number of hydrogen-bond donors (Lipinski definition) is 2. The van der Waals surface area contributed by atoms with E-state index in [1.165, 1.54) is 12.8 Å². The highest BCUT2D eigenvalue weighted by Crippen LogP contribution is 2.17. The van der Waals surface area contributed by atoms with Crippen LogP contribution in [0.15, 0.2) is 47.7 Å². The average Bonchev–Trinajstić information content (AvgIpc) is 3.47. The Morgan fingerprint density at radius 2 is 2.16 bits per heavy atom. The topological polar surface area (TPSA) is 77.8 Å². The lowest BCUT2D eigenvalue weighted by Gasteiger charge is -2.25. The average molecular weight is 553 g/mol. The molecule has 0 bridgehead atoms. The van der Waals surface area contributed by atoms with Crippen molar-refractivity contribution in [2.45, 2.75) is 38.8 Å². The Bertz CT molecular complexity index is 869. The van der Waals surface area contributed by atoms with Gasteiger partial charge >= 0.3 is 0 Å². The van der Waals surface area contributed by atoms with Crippen molar-refractivity contribution >= 4 is 35.8 Å². The van der Waals surface area contributed by atoms with Crippen LogP contribution in [0.25, 0.3) is 5.69 Å². The van der Waals surface area contributed by atoms with E-state index in [0.29, 0.717) is 12.0 Å². The van der Waals surface area contributed by atoms with E-state index in [0.717, 1.165) is 30.9 Å². The predicted octanol–water partition coefficient (Wildman–Crippen LogP) is 2.66. The van der Waals surface area contributed by atoms with Gasteiger partial charge in [-0.25, -0.2) is 9.67 Å². The van der Waals surface area contributed by atoms with Gasteiger partial charge in [0.2, 0.25) is 5.91 Å². The number of aliphatic imine (C=N–C) groups is 1. The molecule has 2 aromatic rings. The van der Waals surface area contributed by atoms with Crippen molar-refractivity contribution in [1.29, 1.82) is 0 Å². The third-order valence-electron chi connectivity index (χ3n) is 5.77. The molecule has 9 heteroatoms.